The molecule has 1 saturated heterocycles. The molecule has 10 heteroatoms. The minimum Gasteiger partial charge on any atom is -0.497 e. The number of methoxy groups -OCH3 is 2. The lowest BCUT2D eigenvalue weighted by Gasteiger charge is -2.23. The number of rotatable bonds is 15. The normalized spacial score (nSPS) is 15.8. The molecule has 0 aliphatic carbocycles. The molecule has 42 heavy (non-hydrogen) atoms. The number of imide groups is 1. The van der Waals surface area contributed by atoms with Crippen molar-refractivity contribution in [3.63, 3.8) is 0 Å². The fraction of sp³-hybridized carbons (Fsp3) is 0.406. The highest BCUT2D eigenvalue weighted by Gasteiger charge is 2.43. The summed E-state index contributed by atoms with van der Waals surface area (Å²) in [7, 11) is 5.27. The number of amides is 3. The predicted octanol–water partition coefficient (Wildman–Crippen LogP) is 7.33. The van der Waals surface area contributed by atoms with E-state index in [1.807, 2.05) is 54.6 Å². The van der Waals surface area contributed by atoms with Gasteiger partial charge in [0, 0.05) is 10.6 Å². The number of hydrogen-bond donors (Lipinski definition) is 0. The summed E-state index contributed by atoms with van der Waals surface area (Å²) in [6.45, 7) is 2.67. The van der Waals surface area contributed by atoms with E-state index < -0.39 is 6.04 Å². The highest BCUT2D eigenvalue weighted by molar-refractivity contribution is 7.16. The van der Waals surface area contributed by atoms with E-state index >= 15 is 0 Å². The quantitative estimate of drug-likeness (QED) is 0.0775. The number of hydrogen-bond acceptors (Lipinski definition) is 7. The molecular weight excluding hydrogens is 571 g/mol. The van der Waals surface area contributed by atoms with Gasteiger partial charge in [-0.3, -0.25) is 9.69 Å². The molecule has 1 aliphatic rings. The molecule has 0 N–H and O–H groups in total. The molecule has 3 unspecified atom stereocenters. The fourth-order valence-electron chi connectivity index (χ4n) is 5.04. The summed E-state index contributed by atoms with van der Waals surface area (Å²) in [5.41, 5.74) is 2.79. The summed E-state index contributed by atoms with van der Waals surface area (Å²) in [6, 6.07) is 18.4. The van der Waals surface area contributed by atoms with Crippen molar-refractivity contribution in [2.24, 2.45) is 0 Å². The van der Waals surface area contributed by atoms with E-state index in [1.54, 1.807) is 18.1 Å². The number of urea groups is 1. The van der Waals surface area contributed by atoms with Crippen LogP contribution < -0.4 is 9.64 Å². The molecule has 0 saturated carbocycles. The number of thiophene rings is 1. The van der Waals surface area contributed by atoms with Gasteiger partial charge in [0.1, 0.15) is 16.7 Å². The number of anilines is 1. The first-order chi connectivity index (χ1) is 20.4. The first-order valence-electron chi connectivity index (χ1n) is 14.3. The van der Waals surface area contributed by atoms with Gasteiger partial charge in [-0.15, -0.1) is 11.3 Å². The van der Waals surface area contributed by atoms with Gasteiger partial charge in [-0.2, -0.15) is 0 Å². The summed E-state index contributed by atoms with van der Waals surface area (Å²) < 4.78 is 17.5. The molecular formula is C32H39N2O6PS. The van der Waals surface area contributed by atoms with E-state index in [0.29, 0.717) is 36.4 Å². The van der Waals surface area contributed by atoms with E-state index in [2.05, 4.69) is 16.3 Å². The Labute approximate surface area is 254 Å². The van der Waals surface area contributed by atoms with Gasteiger partial charge in [0.05, 0.1) is 26.9 Å². The highest BCUT2D eigenvalue weighted by Crippen LogP contribution is 2.33. The van der Waals surface area contributed by atoms with Gasteiger partial charge >= 0.3 is 12.0 Å². The molecule has 2 aromatic carbocycles. The summed E-state index contributed by atoms with van der Waals surface area (Å²) in [5, 5.41) is 0. The number of nitrogens with zero attached hydrogens (tertiary/aromatic N) is 2. The number of unbranched alkanes of at least 4 members (excludes halogenated alkanes) is 2. The predicted molar refractivity (Wildman–Crippen MR) is 168 cm³/mol. The molecule has 3 amide bonds. The Morgan fingerprint density at radius 1 is 0.976 bits per heavy atom. The zero-order valence-electron chi connectivity index (χ0n) is 24.4. The lowest BCUT2D eigenvalue weighted by Crippen LogP contribution is -2.35. The summed E-state index contributed by atoms with van der Waals surface area (Å²) >= 11 is 1.39. The second-order valence-corrected chi connectivity index (χ2v) is 11.9. The van der Waals surface area contributed by atoms with Crippen LogP contribution in [-0.2, 0) is 27.3 Å². The summed E-state index contributed by atoms with van der Waals surface area (Å²) in [4.78, 5) is 41.0. The van der Waals surface area contributed by atoms with Gasteiger partial charge in [-0.05, 0) is 82.6 Å². The molecule has 224 valence electrons. The van der Waals surface area contributed by atoms with Gasteiger partial charge in [-0.25, -0.2) is 14.3 Å². The third-order valence-corrected chi connectivity index (χ3v) is 9.02. The van der Waals surface area contributed by atoms with Crippen molar-refractivity contribution >= 4 is 44.3 Å². The van der Waals surface area contributed by atoms with Gasteiger partial charge in [0.15, 0.2) is 0 Å². The zero-order chi connectivity index (χ0) is 30.1. The maximum Gasteiger partial charge on any atom is 0.348 e. The third-order valence-electron chi connectivity index (χ3n) is 7.42. The largest absolute Gasteiger partial charge is 0.497 e. The van der Waals surface area contributed by atoms with Gasteiger partial charge in [0.25, 0.3) is 5.91 Å². The van der Waals surface area contributed by atoms with Crippen LogP contribution in [0, 0.1) is 0 Å². The zero-order valence-corrected chi connectivity index (χ0v) is 26.4. The highest BCUT2D eigenvalue weighted by atomic mass is 32.1. The van der Waals surface area contributed by atoms with E-state index in [1.165, 1.54) is 18.4 Å². The monoisotopic (exact) mass is 610 g/mol. The van der Waals surface area contributed by atoms with Crippen molar-refractivity contribution in [3.05, 3.63) is 81.5 Å². The summed E-state index contributed by atoms with van der Waals surface area (Å²) in [6.07, 6.45) is 6.02. The number of ether oxygens (including phenoxy) is 3. The third kappa shape index (κ3) is 7.77. The molecule has 8 nitrogen and oxygen atoms in total. The SMILES string of the molecule is CCCCCC(OCc1ccc(OC)cc1)c1ccc(N2C(=O)N(P)C(=O)C2CCCc2ccc(C(=O)OC)s2)cc1. The van der Waals surface area contributed by atoms with Crippen LogP contribution in [0.2, 0.25) is 0 Å². The van der Waals surface area contributed by atoms with Crippen molar-refractivity contribution < 1.29 is 28.6 Å². The minimum absolute atomic E-state index is 0.0849. The Balaban J connectivity index is 1.44. The van der Waals surface area contributed by atoms with Gasteiger partial charge < -0.3 is 14.2 Å². The van der Waals surface area contributed by atoms with Gasteiger partial charge in [0.2, 0.25) is 0 Å². The fourth-order valence-corrected chi connectivity index (χ4v) is 6.31. The van der Waals surface area contributed by atoms with E-state index in [9.17, 15) is 14.4 Å². The topological polar surface area (TPSA) is 85.4 Å². The number of carbonyl (C=O) groups excluding carboxylic acids is 3. The molecule has 2 heterocycles. The lowest BCUT2D eigenvalue weighted by molar-refractivity contribution is -0.123. The Kier molecular flexibility index (Phi) is 11.5. The molecule has 1 aromatic heterocycles. The van der Waals surface area contributed by atoms with Crippen LogP contribution in [0.3, 0.4) is 0 Å². The van der Waals surface area contributed by atoms with Crippen molar-refractivity contribution in [3.8, 4) is 5.75 Å². The first-order valence-corrected chi connectivity index (χ1v) is 15.6. The molecule has 1 fully saturated rings. The molecule has 3 atom stereocenters. The van der Waals surface area contributed by atoms with Crippen LogP contribution >= 0.6 is 20.7 Å². The lowest BCUT2D eigenvalue weighted by atomic mass is 10.0. The maximum absolute atomic E-state index is 13.1. The molecule has 0 radical (unpaired) electrons. The van der Waals surface area contributed by atoms with Crippen LogP contribution in [0.5, 0.6) is 5.75 Å². The van der Waals surface area contributed by atoms with E-state index in [4.69, 9.17) is 14.2 Å². The molecule has 4 rings (SSSR count). The first kappa shape index (κ1) is 31.7. The molecule has 3 aromatic rings. The summed E-state index contributed by atoms with van der Waals surface area (Å²) in [5.74, 6) is 0.218. The van der Waals surface area contributed by atoms with Gasteiger partial charge in [-0.1, -0.05) is 50.5 Å². The molecule has 0 bridgehead atoms. The second kappa shape index (κ2) is 15.3. The van der Waals surface area contributed by atoms with Crippen LogP contribution in [0.25, 0.3) is 0 Å². The number of esters is 1. The Morgan fingerprint density at radius 3 is 2.38 bits per heavy atom. The van der Waals surface area contributed by atoms with Crippen molar-refractivity contribution in [1.82, 2.24) is 4.67 Å². The Bertz CT molecular complexity index is 1340. The van der Waals surface area contributed by atoms with Crippen LogP contribution in [-0.4, -0.2) is 42.8 Å². The second-order valence-electron chi connectivity index (χ2n) is 10.3. The standard InChI is InChI=1S/C32H39N2O6PS/c1-4-5-6-10-28(40-21-22-11-17-25(38-2)18-12-22)23-13-15-24(16-14-23)33-27(30(35)34(41)32(33)37)9-7-8-26-19-20-29(42-26)31(36)39-3/h11-20,27-28H,4-10,21,41H2,1-3H3. The maximum atomic E-state index is 13.1. The molecule has 1 aliphatic heterocycles. The number of aryl methyl sites for hydroxylation is 1. The van der Waals surface area contributed by atoms with E-state index in [0.717, 1.165) is 52.1 Å². The van der Waals surface area contributed by atoms with Crippen molar-refractivity contribution in [2.45, 2.75) is 70.6 Å². The van der Waals surface area contributed by atoms with Crippen molar-refractivity contribution in [1.29, 1.82) is 0 Å². The van der Waals surface area contributed by atoms with E-state index in [-0.39, 0.29) is 24.0 Å². The smallest absolute Gasteiger partial charge is 0.348 e. The average Bonchev–Trinajstić information content (AvgIpc) is 3.58. The van der Waals surface area contributed by atoms with Crippen LogP contribution in [0.4, 0.5) is 10.5 Å². The minimum atomic E-state index is -0.590. The van der Waals surface area contributed by atoms with Crippen molar-refractivity contribution in [2.75, 3.05) is 19.1 Å². The number of carbonyl (C=O) groups is 3. The average molecular weight is 611 g/mol. The van der Waals surface area contributed by atoms with Crippen LogP contribution in [0.15, 0.2) is 60.7 Å². The Morgan fingerprint density at radius 2 is 1.71 bits per heavy atom. The Hall–Kier alpha value is -3.26. The number of benzene rings is 2. The molecule has 0 spiro atoms. The van der Waals surface area contributed by atoms with Crippen LogP contribution in [0.1, 0.15) is 77.2 Å².